The summed E-state index contributed by atoms with van der Waals surface area (Å²) in [4.78, 5) is 11.7. The maximum absolute atomic E-state index is 10.8. The van der Waals surface area contributed by atoms with Gasteiger partial charge in [-0.3, -0.25) is 4.79 Å². The molecule has 15 heavy (non-hydrogen) atoms. The fraction of sp³-hybridized carbons (Fsp3) is 0. The second-order valence-electron chi connectivity index (χ2n) is 2.98. The molecule has 0 aliphatic carbocycles. The van der Waals surface area contributed by atoms with Crippen molar-refractivity contribution in [3.05, 3.63) is 45.3 Å². The zero-order valence-corrected chi connectivity index (χ0v) is 9.86. The number of hydrogen-bond acceptors (Lipinski definition) is 2. The molecule has 4 heteroatoms. The van der Waals surface area contributed by atoms with Crippen LogP contribution in [0.1, 0.15) is 10.4 Å². The Balaban J connectivity index is 2.58. The molecule has 0 amide bonds. The highest BCUT2D eigenvalue weighted by Crippen LogP contribution is 2.32. The van der Waals surface area contributed by atoms with Crippen molar-refractivity contribution in [2.45, 2.75) is 0 Å². The lowest BCUT2D eigenvalue weighted by Crippen LogP contribution is -1.80. The SMILES string of the molecule is O=Cc1ccsc1-c1cc(Cl)cc(Cl)c1. The van der Waals surface area contributed by atoms with E-state index >= 15 is 0 Å². The van der Waals surface area contributed by atoms with Crippen molar-refractivity contribution in [1.29, 1.82) is 0 Å². The largest absolute Gasteiger partial charge is 0.298 e. The van der Waals surface area contributed by atoms with Crippen LogP contribution in [0.15, 0.2) is 29.6 Å². The molecule has 1 aromatic heterocycles. The van der Waals surface area contributed by atoms with Gasteiger partial charge in [0, 0.05) is 20.5 Å². The molecule has 0 spiro atoms. The van der Waals surface area contributed by atoms with E-state index in [1.54, 1.807) is 24.3 Å². The summed E-state index contributed by atoms with van der Waals surface area (Å²) in [5.41, 5.74) is 1.54. The standard InChI is InChI=1S/C11H6Cl2OS/c12-9-3-8(4-10(13)5-9)11-7(6-14)1-2-15-11/h1-6H. The number of thiophene rings is 1. The van der Waals surface area contributed by atoms with Crippen molar-refractivity contribution in [2.24, 2.45) is 0 Å². The Morgan fingerprint density at radius 1 is 1.13 bits per heavy atom. The van der Waals surface area contributed by atoms with Gasteiger partial charge < -0.3 is 0 Å². The van der Waals surface area contributed by atoms with E-state index < -0.39 is 0 Å². The quantitative estimate of drug-likeness (QED) is 0.722. The smallest absolute Gasteiger partial charge is 0.151 e. The van der Waals surface area contributed by atoms with Gasteiger partial charge in [-0.25, -0.2) is 0 Å². The molecule has 0 N–H and O–H groups in total. The van der Waals surface area contributed by atoms with Crippen LogP contribution >= 0.6 is 34.5 Å². The van der Waals surface area contributed by atoms with Crippen molar-refractivity contribution >= 4 is 40.8 Å². The molecule has 76 valence electrons. The third-order valence-electron chi connectivity index (χ3n) is 1.95. The lowest BCUT2D eigenvalue weighted by Gasteiger charge is -2.01. The Morgan fingerprint density at radius 3 is 2.40 bits per heavy atom. The van der Waals surface area contributed by atoms with Gasteiger partial charge in [-0.15, -0.1) is 11.3 Å². The first-order chi connectivity index (χ1) is 7.20. The fourth-order valence-electron chi connectivity index (χ4n) is 1.33. The average Bonchev–Trinajstić information content (AvgIpc) is 2.63. The van der Waals surface area contributed by atoms with E-state index in [1.807, 2.05) is 5.38 Å². The summed E-state index contributed by atoms with van der Waals surface area (Å²) in [6, 6.07) is 7.04. The van der Waals surface area contributed by atoms with Gasteiger partial charge in [0.05, 0.1) is 0 Å². The van der Waals surface area contributed by atoms with Crippen LogP contribution in [0.2, 0.25) is 10.0 Å². The van der Waals surface area contributed by atoms with Crippen LogP contribution in [0.5, 0.6) is 0 Å². The Morgan fingerprint density at radius 2 is 1.80 bits per heavy atom. The molecule has 0 atom stereocenters. The molecule has 0 aliphatic heterocycles. The monoisotopic (exact) mass is 256 g/mol. The fourth-order valence-corrected chi connectivity index (χ4v) is 2.71. The molecule has 1 nitrogen and oxygen atoms in total. The molecule has 0 unspecified atom stereocenters. The highest BCUT2D eigenvalue weighted by atomic mass is 35.5. The van der Waals surface area contributed by atoms with Crippen LogP contribution < -0.4 is 0 Å². The minimum absolute atomic E-state index is 0.572. The Labute approximate surface area is 101 Å². The summed E-state index contributed by atoms with van der Waals surface area (Å²) in [6.07, 6.45) is 0.834. The summed E-state index contributed by atoms with van der Waals surface area (Å²) in [7, 11) is 0. The summed E-state index contributed by atoms with van der Waals surface area (Å²) in [6.45, 7) is 0. The molecule has 0 saturated carbocycles. The van der Waals surface area contributed by atoms with Gasteiger partial charge in [0.1, 0.15) is 0 Å². The van der Waals surface area contributed by atoms with Gasteiger partial charge in [-0.2, -0.15) is 0 Å². The molecule has 1 heterocycles. The van der Waals surface area contributed by atoms with Gasteiger partial charge in [-0.05, 0) is 35.2 Å². The van der Waals surface area contributed by atoms with E-state index in [0.717, 1.165) is 16.7 Å². The molecule has 0 saturated heterocycles. The number of carbonyl (C=O) groups excluding carboxylic acids is 1. The summed E-state index contributed by atoms with van der Waals surface area (Å²) < 4.78 is 0. The number of carbonyl (C=O) groups is 1. The molecule has 2 aromatic rings. The minimum atomic E-state index is 0.572. The first kappa shape index (κ1) is 10.7. The topological polar surface area (TPSA) is 17.1 Å². The summed E-state index contributed by atoms with van der Waals surface area (Å²) >= 11 is 13.3. The lowest BCUT2D eigenvalue weighted by atomic mass is 10.1. The molecular weight excluding hydrogens is 251 g/mol. The predicted molar refractivity (Wildman–Crippen MR) is 65.2 cm³/mol. The first-order valence-electron chi connectivity index (χ1n) is 4.20. The van der Waals surface area contributed by atoms with E-state index in [2.05, 4.69) is 0 Å². The Hall–Kier alpha value is -0.830. The second-order valence-corrected chi connectivity index (χ2v) is 4.77. The van der Waals surface area contributed by atoms with E-state index in [-0.39, 0.29) is 0 Å². The van der Waals surface area contributed by atoms with Crippen LogP contribution in [-0.4, -0.2) is 6.29 Å². The number of halogens is 2. The van der Waals surface area contributed by atoms with Crippen molar-refractivity contribution < 1.29 is 4.79 Å². The summed E-state index contributed by atoms with van der Waals surface area (Å²) in [5, 5.41) is 3.01. The molecule has 0 aliphatic rings. The molecule has 0 fully saturated rings. The van der Waals surface area contributed by atoms with E-state index in [0.29, 0.717) is 15.6 Å². The van der Waals surface area contributed by atoms with Gasteiger partial charge >= 0.3 is 0 Å². The van der Waals surface area contributed by atoms with Gasteiger partial charge in [0.2, 0.25) is 0 Å². The molecule has 0 radical (unpaired) electrons. The third kappa shape index (κ3) is 2.23. The zero-order chi connectivity index (χ0) is 10.8. The minimum Gasteiger partial charge on any atom is -0.298 e. The van der Waals surface area contributed by atoms with Crippen LogP contribution in [0.25, 0.3) is 10.4 Å². The van der Waals surface area contributed by atoms with Crippen LogP contribution in [-0.2, 0) is 0 Å². The maximum Gasteiger partial charge on any atom is 0.151 e. The van der Waals surface area contributed by atoms with Gasteiger partial charge in [-0.1, -0.05) is 23.2 Å². The lowest BCUT2D eigenvalue weighted by molar-refractivity contribution is 0.112. The second kappa shape index (κ2) is 4.35. The highest BCUT2D eigenvalue weighted by Gasteiger charge is 2.07. The van der Waals surface area contributed by atoms with E-state index in [4.69, 9.17) is 23.2 Å². The van der Waals surface area contributed by atoms with E-state index in [9.17, 15) is 4.79 Å². The molecule has 1 aromatic carbocycles. The normalized spacial score (nSPS) is 10.3. The Kier molecular flexibility index (Phi) is 3.10. The first-order valence-corrected chi connectivity index (χ1v) is 5.83. The van der Waals surface area contributed by atoms with Crippen LogP contribution in [0.4, 0.5) is 0 Å². The predicted octanol–water partition coefficient (Wildman–Crippen LogP) is 4.53. The molecule has 2 rings (SSSR count). The van der Waals surface area contributed by atoms with Crippen molar-refractivity contribution in [3.63, 3.8) is 0 Å². The number of rotatable bonds is 2. The van der Waals surface area contributed by atoms with Crippen molar-refractivity contribution in [1.82, 2.24) is 0 Å². The number of aldehydes is 1. The average molecular weight is 257 g/mol. The Bertz CT molecular complexity index is 485. The third-order valence-corrected chi connectivity index (χ3v) is 3.36. The highest BCUT2D eigenvalue weighted by molar-refractivity contribution is 7.14. The molecule has 0 bridgehead atoms. The number of hydrogen-bond donors (Lipinski definition) is 0. The zero-order valence-electron chi connectivity index (χ0n) is 7.54. The van der Waals surface area contributed by atoms with E-state index in [1.165, 1.54) is 11.3 Å². The van der Waals surface area contributed by atoms with Crippen molar-refractivity contribution in [2.75, 3.05) is 0 Å². The maximum atomic E-state index is 10.8. The van der Waals surface area contributed by atoms with Crippen LogP contribution in [0.3, 0.4) is 0 Å². The number of benzene rings is 1. The van der Waals surface area contributed by atoms with Gasteiger partial charge in [0.15, 0.2) is 6.29 Å². The van der Waals surface area contributed by atoms with Crippen LogP contribution in [0, 0.1) is 0 Å². The van der Waals surface area contributed by atoms with Gasteiger partial charge in [0.25, 0.3) is 0 Å². The molecular formula is C11H6Cl2OS. The van der Waals surface area contributed by atoms with Crippen molar-refractivity contribution in [3.8, 4) is 10.4 Å². The summed E-state index contributed by atoms with van der Waals surface area (Å²) in [5.74, 6) is 0.